The van der Waals surface area contributed by atoms with Gasteiger partial charge in [0.25, 0.3) is 0 Å². The third kappa shape index (κ3) is 3.84. The van der Waals surface area contributed by atoms with Gasteiger partial charge in [-0.2, -0.15) is 0 Å². The minimum Gasteiger partial charge on any atom is -0.329 e. The van der Waals surface area contributed by atoms with E-state index in [1.165, 1.54) is 11.3 Å². The molecule has 0 bridgehead atoms. The van der Waals surface area contributed by atoms with Crippen molar-refractivity contribution in [2.75, 3.05) is 13.1 Å². The molecule has 1 rings (SSSR count). The van der Waals surface area contributed by atoms with Crippen molar-refractivity contribution in [3.63, 3.8) is 0 Å². The first-order valence-corrected chi connectivity index (χ1v) is 6.60. The van der Waals surface area contributed by atoms with Crippen molar-refractivity contribution >= 4 is 49.7 Å². The second-order valence-corrected chi connectivity index (χ2v) is 6.70. The minimum absolute atomic E-state index is 0. The van der Waals surface area contributed by atoms with Gasteiger partial charge in [-0.3, -0.25) is 0 Å². The van der Waals surface area contributed by atoms with Gasteiger partial charge in [0.15, 0.2) is 0 Å². The molecule has 1 heterocycles. The van der Waals surface area contributed by atoms with Crippen LogP contribution in [-0.4, -0.2) is 21.5 Å². The quantitative estimate of drug-likeness (QED) is 0.874. The molecule has 4 nitrogen and oxygen atoms in total. The normalized spacial score (nSPS) is 11.0. The van der Waals surface area contributed by atoms with Crippen molar-refractivity contribution in [3.05, 3.63) is 15.9 Å². The van der Waals surface area contributed by atoms with Crippen LogP contribution in [-0.2, 0) is 10.0 Å². The zero-order chi connectivity index (χ0) is 9.90. The first kappa shape index (κ1) is 14.3. The summed E-state index contributed by atoms with van der Waals surface area (Å²) in [5.41, 5.74) is 5.19. The van der Waals surface area contributed by atoms with Gasteiger partial charge in [-0.15, -0.1) is 23.7 Å². The summed E-state index contributed by atoms with van der Waals surface area (Å²) in [6.07, 6.45) is 0. The van der Waals surface area contributed by atoms with Crippen molar-refractivity contribution in [3.8, 4) is 0 Å². The van der Waals surface area contributed by atoms with Crippen LogP contribution in [0.15, 0.2) is 20.1 Å². The molecule has 0 aliphatic carbocycles. The highest BCUT2D eigenvalue weighted by atomic mass is 79.9. The number of thiophene rings is 1. The Morgan fingerprint density at radius 2 is 2.14 bits per heavy atom. The van der Waals surface area contributed by atoms with Gasteiger partial charge in [-0.1, -0.05) is 0 Å². The molecule has 3 N–H and O–H groups in total. The molecule has 0 fully saturated rings. The number of nitrogens with one attached hydrogen (secondary N) is 1. The van der Waals surface area contributed by atoms with E-state index < -0.39 is 10.0 Å². The molecule has 0 atom stereocenters. The fraction of sp³-hybridized carbons (Fsp3) is 0.333. The summed E-state index contributed by atoms with van der Waals surface area (Å²) in [6.45, 7) is 0.559. The van der Waals surface area contributed by atoms with Crippen LogP contribution in [0.2, 0.25) is 0 Å². The van der Waals surface area contributed by atoms with Gasteiger partial charge in [0.05, 0.1) is 3.79 Å². The van der Waals surface area contributed by atoms with Crippen molar-refractivity contribution in [1.82, 2.24) is 4.72 Å². The lowest BCUT2D eigenvalue weighted by Crippen LogP contribution is -2.28. The first-order chi connectivity index (χ1) is 6.06. The van der Waals surface area contributed by atoms with Crippen LogP contribution >= 0.6 is 39.7 Å². The van der Waals surface area contributed by atoms with Crippen LogP contribution in [0.3, 0.4) is 0 Å². The molecule has 82 valence electrons. The van der Waals surface area contributed by atoms with Gasteiger partial charge in [0, 0.05) is 13.1 Å². The topological polar surface area (TPSA) is 72.2 Å². The predicted molar refractivity (Wildman–Crippen MR) is 63.5 cm³/mol. The van der Waals surface area contributed by atoms with Crippen molar-refractivity contribution in [1.29, 1.82) is 0 Å². The lowest BCUT2D eigenvalue weighted by Gasteiger charge is -2.01. The summed E-state index contributed by atoms with van der Waals surface area (Å²) >= 11 is 4.36. The summed E-state index contributed by atoms with van der Waals surface area (Å²) in [5, 5.41) is 0. The van der Waals surface area contributed by atoms with E-state index in [0.29, 0.717) is 10.8 Å². The first-order valence-electron chi connectivity index (χ1n) is 3.51. The van der Waals surface area contributed by atoms with Crippen LogP contribution in [0.25, 0.3) is 0 Å². The predicted octanol–water partition coefficient (Wildman–Crippen LogP) is 1.17. The van der Waals surface area contributed by atoms with E-state index >= 15 is 0 Å². The van der Waals surface area contributed by atoms with Gasteiger partial charge < -0.3 is 5.73 Å². The zero-order valence-corrected chi connectivity index (χ0v) is 11.1. The van der Waals surface area contributed by atoms with Crippen LogP contribution in [0.4, 0.5) is 0 Å². The highest BCUT2D eigenvalue weighted by molar-refractivity contribution is 9.11. The van der Waals surface area contributed by atoms with Gasteiger partial charge in [-0.25, -0.2) is 13.1 Å². The second kappa shape index (κ2) is 6.04. The average Bonchev–Trinajstić information content (AvgIpc) is 2.49. The summed E-state index contributed by atoms with van der Waals surface area (Å²) in [5.74, 6) is 0. The summed E-state index contributed by atoms with van der Waals surface area (Å²) < 4.78 is 26.3. The molecule has 0 saturated carbocycles. The highest BCUT2D eigenvalue weighted by Gasteiger charge is 2.14. The SMILES string of the molecule is Cl.NCCNS(=O)(=O)c1ccc(Br)s1. The molecule has 14 heavy (non-hydrogen) atoms. The fourth-order valence-electron chi connectivity index (χ4n) is 0.707. The van der Waals surface area contributed by atoms with Gasteiger partial charge in [-0.05, 0) is 28.1 Å². The molecule has 0 spiro atoms. The number of sulfonamides is 1. The Morgan fingerprint density at radius 1 is 1.50 bits per heavy atom. The second-order valence-electron chi connectivity index (χ2n) is 2.24. The maximum atomic E-state index is 11.4. The van der Waals surface area contributed by atoms with Crippen LogP contribution < -0.4 is 10.5 Å². The maximum Gasteiger partial charge on any atom is 0.250 e. The molecule has 0 radical (unpaired) electrons. The number of hydrogen-bond acceptors (Lipinski definition) is 4. The van der Waals surface area contributed by atoms with E-state index in [1.807, 2.05) is 0 Å². The molecular formula is C6H10BrClN2O2S2. The smallest absolute Gasteiger partial charge is 0.250 e. The summed E-state index contributed by atoms with van der Waals surface area (Å²) in [7, 11) is -3.34. The third-order valence-electron chi connectivity index (χ3n) is 1.25. The fourth-order valence-corrected chi connectivity index (χ4v) is 3.81. The Morgan fingerprint density at radius 3 is 2.57 bits per heavy atom. The molecule has 1 aromatic heterocycles. The van der Waals surface area contributed by atoms with Gasteiger partial charge in [0.2, 0.25) is 10.0 Å². The third-order valence-corrected chi connectivity index (χ3v) is 4.83. The Kier molecular flexibility index (Phi) is 6.19. The van der Waals surface area contributed by atoms with E-state index in [4.69, 9.17) is 5.73 Å². The molecule has 8 heteroatoms. The highest BCUT2D eigenvalue weighted by Crippen LogP contribution is 2.25. The largest absolute Gasteiger partial charge is 0.329 e. The molecular weight excluding hydrogens is 312 g/mol. The molecule has 0 aliphatic rings. The standard InChI is InChI=1S/C6H9BrN2O2S2.ClH/c7-5-1-2-6(12-5)13(10,11)9-4-3-8;/h1-2,9H,3-4,8H2;1H. The van der Waals surface area contributed by atoms with E-state index in [-0.39, 0.29) is 19.0 Å². The van der Waals surface area contributed by atoms with Crippen molar-refractivity contribution in [2.24, 2.45) is 5.73 Å². The molecule has 0 amide bonds. The lowest BCUT2D eigenvalue weighted by molar-refractivity contribution is 0.584. The van der Waals surface area contributed by atoms with Crippen LogP contribution in [0.5, 0.6) is 0 Å². The van der Waals surface area contributed by atoms with E-state index in [9.17, 15) is 8.42 Å². The average molecular weight is 322 g/mol. The van der Waals surface area contributed by atoms with Crippen molar-refractivity contribution < 1.29 is 8.42 Å². The monoisotopic (exact) mass is 320 g/mol. The number of nitrogens with two attached hydrogens (primary N) is 1. The number of halogens is 2. The molecule has 0 unspecified atom stereocenters. The van der Waals surface area contributed by atoms with Crippen LogP contribution in [0.1, 0.15) is 0 Å². The Balaban J connectivity index is 0.00000169. The van der Waals surface area contributed by atoms with E-state index in [1.54, 1.807) is 12.1 Å². The maximum absolute atomic E-state index is 11.4. The molecule has 0 saturated heterocycles. The molecule has 0 aliphatic heterocycles. The zero-order valence-electron chi connectivity index (χ0n) is 7.07. The molecule has 1 aromatic rings. The van der Waals surface area contributed by atoms with Gasteiger partial charge >= 0.3 is 0 Å². The van der Waals surface area contributed by atoms with Crippen LogP contribution in [0, 0.1) is 0 Å². The minimum atomic E-state index is -3.34. The summed E-state index contributed by atoms with van der Waals surface area (Å²) in [6, 6.07) is 3.25. The Labute approximate surface area is 101 Å². The lowest BCUT2D eigenvalue weighted by atomic mass is 10.7. The van der Waals surface area contributed by atoms with E-state index in [2.05, 4.69) is 20.7 Å². The van der Waals surface area contributed by atoms with E-state index in [0.717, 1.165) is 3.79 Å². The van der Waals surface area contributed by atoms with Gasteiger partial charge in [0.1, 0.15) is 4.21 Å². The summed E-state index contributed by atoms with van der Waals surface area (Å²) in [4.78, 5) is 0. The van der Waals surface area contributed by atoms with Crippen molar-refractivity contribution in [2.45, 2.75) is 4.21 Å². The molecule has 0 aromatic carbocycles. The number of rotatable bonds is 4. The number of hydrogen-bond donors (Lipinski definition) is 2. The Bertz CT molecular complexity index is 379. The Hall–Kier alpha value is 0.340.